The van der Waals surface area contributed by atoms with Crippen molar-refractivity contribution in [1.29, 1.82) is 0 Å². The number of aliphatic imine (C=N–C) groups is 2. The summed E-state index contributed by atoms with van der Waals surface area (Å²) in [5.74, 6) is 0.700. The summed E-state index contributed by atoms with van der Waals surface area (Å²) >= 11 is 1.34. The van der Waals surface area contributed by atoms with E-state index in [1.165, 1.54) is 17.3 Å². The zero-order valence-electron chi connectivity index (χ0n) is 18.0. The number of para-hydroxylation sites is 1. The third-order valence-corrected chi connectivity index (χ3v) is 6.66. The number of carbonyl (C=O) groups excluding carboxylic acids is 2. The highest BCUT2D eigenvalue weighted by Gasteiger charge is 2.43. The molecule has 0 spiro atoms. The largest absolute Gasteiger partial charge is 0.325 e. The highest BCUT2D eigenvalue weighted by atomic mass is 32.2. The van der Waals surface area contributed by atoms with Crippen LogP contribution in [0.25, 0.3) is 0 Å². The number of thioether (sulfide) groups is 1. The van der Waals surface area contributed by atoms with Crippen LogP contribution in [-0.2, 0) is 16.0 Å². The number of fused-ring (bicyclic) bond motifs is 3. The Balaban J connectivity index is 1.54. The highest BCUT2D eigenvalue weighted by molar-refractivity contribution is 8.14. The van der Waals surface area contributed by atoms with Gasteiger partial charge in [0.15, 0.2) is 5.17 Å². The minimum atomic E-state index is -0.385. The van der Waals surface area contributed by atoms with E-state index in [-0.39, 0.29) is 29.5 Å². The van der Waals surface area contributed by atoms with E-state index in [1.54, 1.807) is 0 Å². The lowest BCUT2D eigenvalue weighted by molar-refractivity contribution is -0.120. The van der Waals surface area contributed by atoms with E-state index in [0.717, 1.165) is 29.8 Å². The van der Waals surface area contributed by atoms with Gasteiger partial charge in [-0.05, 0) is 42.2 Å². The van der Waals surface area contributed by atoms with E-state index < -0.39 is 0 Å². The number of amides is 2. The van der Waals surface area contributed by atoms with Crippen LogP contribution in [0.3, 0.4) is 0 Å². The van der Waals surface area contributed by atoms with Crippen LogP contribution < -0.4 is 5.32 Å². The summed E-state index contributed by atoms with van der Waals surface area (Å²) in [6, 6.07) is 15.2. The van der Waals surface area contributed by atoms with Gasteiger partial charge in [-0.1, -0.05) is 63.2 Å². The molecule has 0 fully saturated rings. The van der Waals surface area contributed by atoms with E-state index in [0.29, 0.717) is 11.0 Å². The average Bonchev–Trinajstić information content (AvgIpc) is 3.14. The Morgan fingerprint density at radius 2 is 1.87 bits per heavy atom. The second-order valence-corrected chi connectivity index (χ2v) is 8.72. The van der Waals surface area contributed by atoms with Gasteiger partial charge in [-0.2, -0.15) is 4.99 Å². The van der Waals surface area contributed by atoms with Gasteiger partial charge < -0.3 is 5.32 Å². The molecule has 2 aliphatic heterocycles. The number of hydrogen-bond donors (Lipinski definition) is 1. The Morgan fingerprint density at radius 1 is 1.13 bits per heavy atom. The van der Waals surface area contributed by atoms with Crippen molar-refractivity contribution in [2.45, 2.75) is 39.7 Å². The quantitative estimate of drug-likeness (QED) is 0.720. The molecule has 2 unspecified atom stereocenters. The Labute approximate surface area is 186 Å². The molecule has 1 N–H and O–H groups in total. The van der Waals surface area contributed by atoms with E-state index in [9.17, 15) is 9.59 Å². The molecule has 2 aromatic carbocycles. The summed E-state index contributed by atoms with van der Waals surface area (Å²) in [6.07, 6.45) is 1.81. The molecule has 2 atom stereocenters. The lowest BCUT2D eigenvalue weighted by Crippen LogP contribution is -2.46. The molecule has 0 saturated heterocycles. The molecule has 2 aliphatic rings. The average molecular weight is 435 g/mol. The van der Waals surface area contributed by atoms with Crippen molar-refractivity contribution in [2.24, 2.45) is 15.9 Å². The molecule has 7 heteroatoms. The van der Waals surface area contributed by atoms with Crippen molar-refractivity contribution < 1.29 is 9.59 Å². The maximum Gasteiger partial charge on any atom is 0.271 e. The van der Waals surface area contributed by atoms with Crippen molar-refractivity contribution in [3.8, 4) is 0 Å². The fourth-order valence-electron chi connectivity index (χ4n) is 3.76. The van der Waals surface area contributed by atoms with Gasteiger partial charge in [0.05, 0.1) is 11.4 Å². The number of benzene rings is 2. The van der Waals surface area contributed by atoms with Crippen LogP contribution in [0.5, 0.6) is 0 Å². The number of amidine groups is 2. The first kappa shape index (κ1) is 21.3. The SMILES string of the molecule is CCc1ccc(NC(=O)CSC2=Nc3ccccc3C3=NC(=O)C(C(C)CC)N23)cc1. The minimum Gasteiger partial charge on any atom is -0.325 e. The van der Waals surface area contributed by atoms with Gasteiger partial charge >= 0.3 is 0 Å². The van der Waals surface area contributed by atoms with E-state index in [4.69, 9.17) is 4.99 Å². The van der Waals surface area contributed by atoms with E-state index in [2.05, 4.69) is 31.1 Å². The molecular formula is C24H26N4O2S. The van der Waals surface area contributed by atoms with Gasteiger partial charge in [-0.3, -0.25) is 14.5 Å². The predicted molar refractivity (Wildman–Crippen MR) is 127 cm³/mol. The summed E-state index contributed by atoms with van der Waals surface area (Å²) in [5, 5.41) is 3.58. The van der Waals surface area contributed by atoms with Crippen molar-refractivity contribution in [1.82, 2.24) is 4.90 Å². The second kappa shape index (κ2) is 9.06. The first-order chi connectivity index (χ1) is 15.0. The van der Waals surface area contributed by atoms with Crippen LogP contribution in [-0.4, -0.2) is 39.5 Å². The lowest BCUT2D eigenvalue weighted by Gasteiger charge is -2.33. The number of nitrogens with zero attached hydrogens (tertiary/aromatic N) is 3. The van der Waals surface area contributed by atoms with Crippen molar-refractivity contribution in [3.63, 3.8) is 0 Å². The molecule has 160 valence electrons. The van der Waals surface area contributed by atoms with E-state index >= 15 is 0 Å². The third-order valence-electron chi connectivity index (χ3n) is 5.70. The maximum atomic E-state index is 12.8. The molecule has 2 heterocycles. The predicted octanol–water partition coefficient (Wildman–Crippen LogP) is 4.63. The van der Waals surface area contributed by atoms with Crippen LogP contribution in [0.4, 0.5) is 11.4 Å². The molecule has 0 radical (unpaired) electrons. The summed E-state index contributed by atoms with van der Waals surface area (Å²) in [6.45, 7) is 6.21. The minimum absolute atomic E-state index is 0.111. The molecular weight excluding hydrogens is 408 g/mol. The summed E-state index contributed by atoms with van der Waals surface area (Å²) in [5.41, 5.74) is 3.62. The number of rotatable bonds is 6. The Hall–Kier alpha value is -2.93. The molecule has 4 rings (SSSR count). The number of nitrogens with one attached hydrogen (secondary N) is 1. The second-order valence-electron chi connectivity index (χ2n) is 7.77. The topological polar surface area (TPSA) is 74.1 Å². The maximum absolute atomic E-state index is 12.8. The smallest absolute Gasteiger partial charge is 0.271 e. The van der Waals surface area contributed by atoms with Gasteiger partial charge in [0, 0.05) is 11.3 Å². The molecule has 6 nitrogen and oxygen atoms in total. The summed E-state index contributed by atoms with van der Waals surface area (Å²) < 4.78 is 0. The van der Waals surface area contributed by atoms with E-state index in [1.807, 2.05) is 53.4 Å². The van der Waals surface area contributed by atoms with Crippen LogP contribution >= 0.6 is 11.8 Å². The number of hydrogen-bond acceptors (Lipinski definition) is 5. The monoisotopic (exact) mass is 434 g/mol. The van der Waals surface area contributed by atoms with Crippen LogP contribution in [0.2, 0.25) is 0 Å². The van der Waals surface area contributed by atoms with Gasteiger partial charge in [0.1, 0.15) is 11.9 Å². The molecule has 31 heavy (non-hydrogen) atoms. The number of aryl methyl sites for hydroxylation is 1. The van der Waals surface area contributed by atoms with Crippen molar-refractivity contribution >= 4 is 46.0 Å². The Morgan fingerprint density at radius 3 is 2.58 bits per heavy atom. The molecule has 0 bridgehead atoms. The zero-order chi connectivity index (χ0) is 22.0. The first-order valence-corrected chi connectivity index (χ1v) is 11.6. The van der Waals surface area contributed by atoms with Gasteiger partial charge in [-0.15, -0.1) is 0 Å². The molecule has 0 saturated carbocycles. The summed E-state index contributed by atoms with van der Waals surface area (Å²) in [7, 11) is 0. The molecule has 0 aliphatic carbocycles. The normalized spacial score (nSPS) is 18.1. The van der Waals surface area contributed by atoms with Crippen LogP contribution in [0, 0.1) is 5.92 Å². The Bertz CT molecular complexity index is 1060. The zero-order valence-corrected chi connectivity index (χ0v) is 18.8. The van der Waals surface area contributed by atoms with Crippen molar-refractivity contribution in [2.75, 3.05) is 11.1 Å². The van der Waals surface area contributed by atoms with Crippen LogP contribution in [0.15, 0.2) is 58.5 Å². The van der Waals surface area contributed by atoms with Gasteiger partial charge in [0.2, 0.25) is 5.91 Å². The molecule has 2 amide bonds. The number of carbonyl (C=O) groups is 2. The fourth-order valence-corrected chi connectivity index (χ4v) is 4.59. The summed E-state index contributed by atoms with van der Waals surface area (Å²) in [4.78, 5) is 36.4. The van der Waals surface area contributed by atoms with Gasteiger partial charge in [-0.25, -0.2) is 4.99 Å². The molecule has 0 aromatic heterocycles. The standard InChI is InChI=1S/C24H26N4O2S/c1-4-15(3)21-23(30)27-22-18-8-6-7-9-19(18)26-24(28(21)22)31-14-20(29)25-17-12-10-16(5-2)11-13-17/h6-13,15,21H,4-5,14H2,1-3H3,(H,25,29). The first-order valence-electron chi connectivity index (χ1n) is 10.6. The lowest BCUT2D eigenvalue weighted by atomic mass is 9.97. The Kier molecular flexibility index (Phi) is 6.23. The van der Waals surface area contributed by atoms with Crippen molar-refractivity contribution in [3.05, 3.63) is 59.7 Å². The highest BCUT2D eigenvalue weighted by Crippen LogP contribution is 2.36. The fraction of sp³-hybridized carbons (Fsp3) is 0.333. The van der Waals surface area contributed by atoms with Gasteiger partial charge in [0.25, 0.3) is 5.91 Å². The van der Waals surface area contributed by atoms with Crippen LogP contribution in [0.1, 0.15) is 38.3 Å². The molecule has 2 aromatic rings. The third kappa shape index (κ3) is 4.28. The number of anilines is 1.